The van der Waals surface area contributed by atoms with E-state index in [2.05, 4.69) is 9.97 Å². The maximum absolute atomic E-state index is 13.3. The van der Waals surface area contributed by atoms with E-state index in [1.165, 1.54) is 24.3 Å². The van der Waals surface area contributed by atoms with Gasteiger partial charge in [0.2, 0.25) is 5.78 Å². The van der Waals surface area contributed by atoms with E-state index in [4.69, 9.17) is 4.42 Å². The average molecular weight is 462 g/mol. The normalized spacial score (nSPS) is 16.1. The number of aryl methyl sites for hydroxylation is 1. The van der Waals surface area contributed by atoms with Crippen LogP contribution in [-0.2, 0) is 4.79 Å². The lowest BCUT2D eigenvalue weighted by Crippen LogP contribution is -2.31. The van der Waals surface area contributed by atoms with E-state index < -0.39 is 28.4 Å². The van der Waals surface area contributed by atoms with Crippen LogP contribution >= 0.6 is 11.3 Å². The molecule has 0 saturated heterocycles. The molecule has 0 fully saturated rings. The van der Waals surface area contributed by atoms with Crippen molar-refractivity contribution in [1.29, 1.82) is 0 Å². The number of fused-ring (bicyclic) bond motifs is 1. The zero-order chi connectivity index (χ0) is 23.3. The quantitative estimate of drug-likeness (QED) is 0.263. The Morgan fingerprint density at radius 2 is 2.06 bits per heavy atom. The zero-order valence-corrected chi connectivity index (χ0v) is 17.8. The van der Waals surface area contributed by atoms with E-state index in [0.717, 1.165) is 16.2 Å². The van der Waals surface area contributed by atoms with Crippen LogP contribution in [0.1, 0.15) is 27.9 Å². The number of ketones is 1. The molecule has 0 radical (unpaired) electrons. The first-order chi connectivity index (χ1) is 15.8. The van der Waals surface area contributed by atoms with Crippen molar-refractivity contribution in [2.75, 3.05) is 4.90 Å². The minimum atomic E-state index is -1.16. The molecule has 3 aromatic heterocycles. The number of Topliss-reactive ketones (excluding diaryl/α,β-unsaturated/α-hetero) is 1. The van der Waals surface area contributed by atoms with Crippen LogP contribution < -0.4 is 4.90 Å². The molecule has 1 aliphatic rings. The van der Waals surface area contributed by atoms with Crippen molar-refractivity contribution in [3.63, 3.8) is 0 Å². The largest absolute Gasteiger partial charge is 0.503 e. The number of thiazole rings is 1. The van der Waals surface area contributed by atoms with Crippen LogP contribution in [0.2, 0.25) is 0 Å². The van der Waals surface area contributed by atoms with Gasteiger partial charge in [0.15, 0.2) is 16.7 Å². The number of hydrogen-bond acceptors (Lipinski definition) is 9. The zero-order valence-electron chi connectivity index (χ0n) is 17.0. The number of nitro groups is 1. The Morgan fingerprint density at radius 3 is 2.76 bits per heavy atom. The molecule has 11 heteroatoms. The summed E-state index contributed by atoms with van der Waals surface area (Å²) in [5, 5.41) is 22.3. The van der Waals surface area contributed by atoms with Gasteiger partial charge in [-0.15, -0.1) is 0 Å². The minimum absolute atomic E-state index is 0.0647. The smallest absolute Gasteiger partial charge is 0.296 e. The van der Waals surface area contributed by atoms with Crippen LogP contribution in [0.5, 0.6) is 0 Å². The van der Waals surface area contributed by atoms with Gasteiger partial charge in [-0.3, -0.25) is 24.6 Å². The fourth-order valence-electron chi connectivity index (χ4n) is 3.71. The molecule has 0 saturated carbocycles. The maximum atomic E-state index is 13.3. The van der Waals surface area contributed by atoms with Crippen molar-refractivity contribution >= 4 is 44.2 Å². The Kier molecular flexibility index (Phi) is 4.75. The van der Waals surface area contributed by atoms with E-state index in [0.29, 0.717) is 16.1 Å². The molecule has 33 heavy (non-hydrogen) atoms. The summed E-state index contributed by atoms with van der Waals surface area (Å²) in [5.74, 6) is -1.91. The Hall–Kier alpha value is -4.38. The third kappa shape index (κ3) is 3.34. The standard InChI is InChI=1S/C22H14N4O6S/c1-11-7-8-15(32-11)18(27)16-17(12-4-2-5-13(10-12)26(30)31)25(21(29)19(16)28)22-24-14-6-3-9-23-20(14)33-22/h2-10,17,28H,1H3. The number of carbonyl (C=O) groups is 2. The predicted octanol–water partition coefficient (Wildman–Crippen LogP) is 4.28. The molecular formula is C22H14N4O6S. The second kappa shape index (κ2) is 7.64. The van der Waals surface area contributed by atoms with Gasteiger partial charge in [-0.25, -0.2) is 9.97 Å². The number of nitro benzene ring substituents is 1. The number of non-ortho nitro benzene ring substituents is 1. The Bertz CT molecular complexity index is 1450. The lowest BCUT2D eigenvalue weighted by atomic mass is 9.95. The SMILES string of the molecule is Cc1ccc(C(=O)C2=C(O)C(=O)N(c3nc4cccnc4s3)C2c2cccc([N+](=O)[O-])c2)o1. The van der Waals surface area contributed by atoms with Crippen molar-refractivity contribution in [2.24, 2.45) is 0 Å². The highest BCUT2D eigenvalue weighted by molar-refractivity contribution is 7.22. The first-order valence-corrected chi connectivity index (χ1v) is 10.5. The summed E-state index contributed by atoms with van der Waals surface area (Å²) in [5.41, 5.74) is 0.324. The Balaban J connectivity index is 1.70. The number of aromatic nitrogens is 2. The molecule has 1 N–H and O–H groups in total. The highest BCUT2D eigenvalue weighted by Gasteiger charge is 2.46. The summed E-state index contributed by atoms with van der Waals surface area (Å²) in [7, 11) is 0. The fraction of sp³-hybridized carbons (Fsp3) is 0.0909. The van der Waals surface area contributed by atoms with Crippen LogP contribution in [0.3, 0.4) is 0 Å². The third-order valence-electron chi connectivity index (χ3n) is 5.17. The molecule has 1 atom stereocenters. The molecule has 1 unspecified atom stereocenters. The van der Waals surface area contributed by atoms with Gasteiger partial charge in [0.05, 0.1) is 16.5 Å². The number of anilines is 1. The molecule has 0 bridgehead atoms. The van der Waals surface area contributed by atoms with Gasteiger partial charge >= 0.3 is 0 Å². The van der Waals surface area contributed by atoms with E-state index in [-0.39, 0.29) is 27.7 Å². The van der Waals surface area contributed by atoms with Crippen LogP contribution in [0.25, 0.3) is 10.3 Å². The number of nitrogens with zero attached hydrogens (tertiary/aromatic N) is 4. The molecule has 164 valence electrons. The summed E-state index contributed by atoms with van der Waals surface area (Å²) in [6.45, 7) is 1.66. The van der Waals surface area contributed by atoms with Crippen molar-refractivity contribution in [3.05, 3.63) is 93.3 Å². The molecule has 1 aliphatic heterocycles. The van der Waals surface area contributed by atoms with Gasteiger partial charge in [0.1, 0.15) is 16.1 Å². The number of amides is 1. The van der Waals surface area contributed by atoms with Crippen LogP contribution in [0, 0.1) is 17.0 Å². The summed E-state index contributed by atoms with van der Waals surface area (Å²) in [6, 6.07) is 10.8. The molecule has 4 aromatic rings. The molecular weight excluding hydrogens is 448 g/mol. The van der Waals surface area contributed by atoms with Crippen molar-refractivity contribution in [3.8, 4) is 0 Å². The predicted molar refractivity (Wildman–Crippen MR) is 118 cm³/mol. The van der Waals surface area contributed by atoms with Crippen molar-refractivity contribution in [1.82, 2.24) is 9.97 Å². The van der Waals surface area contributed by atoms with E-state index in [1.54, 1.807) is 37.4 Å². The summed E-state index contributed by atoms with van der Waals surface area (Å²) in [6.07, 6.45) is 1.58. The molecule has 4 heterocycles. The van der Waals surface area contributed by atoms with E-state index in [9.17, 15) is 24.8 Å². The average Bonchev–Trinajstić information content (AvgIpc) is 3.49. The number of furan rings is 1. The number of pyridine rings is 1. The third-order valence-corrected chi connectivity index (χ3v) is 6.15. The molecule has 5 rings (SSSR count). The van der Waals surface area contributed by atoms with Crippen molar-refractivity contribution < 1.29 is 24.0 Å². The number of carbonyl (C=O) groups excluding carboxylic acids is 2. The lowest BCUT2D eigenvalue weighted by molar-refractivity contribution is -0.384. The molecule has 0 aliphatic carbocycles. The van der Waals surface area contributed by atoms with Gasteiger partial charge in [-0.2, -0.15) is 0 Å². The highest BCUT2D eigenvalue weighted by atomic mass is 32.1. The minimum Gasteiger partial charge on any atom is -0.503 e. The van der Waals surface area contributed by atoms with Gasteiger partial charge in [-0.1, -0.05) is 23.5 Å². The van der Waals surface area contributed by atoms with Gasteiger partial charge in [0, 0.05) is 18.3 Å². The number of hydrogen-bond donors (Lipinski definition) is 1. The molecule has 1 aromatic carbocycles. The van der Waals surface area contributed by atoms with Crippen LogP contribution in [0.4, 0.5) is 10.8 Å². The monoisotopic (exact) mass is 462 g/mol. The molecule has 10 nitrogen and oxygen atoms in total. The summed E-state index contributed by atoms with van der Waals surface area (Å²) >= 11 is 1.10. The second-order valence-electron chi connectivity index (χ2n) is 7.26. The fourth-order valence-corrected chi connectivity index (χ4v) is 4.64. The molecule has 0 spiro atoms. The summed E-state index contributed by atoms with van der Waals surface area (Å²) < 4.78 is 5.42. The van der Waals surface area contributed by atoms with Gasteiger partial charge in [-0.05, 0) is 36.8 Å². The Morgan fingerprint density at radius 1 is 1.24 bits per heavy atom. The van der Waals surface area contributed by atoms with Gasteiger partial charge < -0.3 is 9.52 Å². The second-order valence-corrected chi connectivity index (χ2v) is 8.21. The lowest BCUT2D eigenvalue weighted by Gasteiger charge is -2.24. The summed E-state index contributed by atoms with van der Waals surface area (Å²) in [4.78, 5) is 47.7. The van der Waals surface area contributed by atoms with E-state index in [1.807, 2.05) is 0 Å². The number of aliphatic hydroxyl groups is 1. The first kappa shape index (κ1) is 20.5. The van der Waals surface area contributed by atoms with Crippen LogP contribution in [-0.4, -0.2) is 31.7 Å². The van der Waals surface area contributed by atoms with E-state index >= 15 is 0 Å². The molecule has 1 amide bonds. The first-order valence-electron chi connectivity index (χ1n) is 9.69. The maximum Gasteiger partial charge on any atom is 0.296 e. The number of rotatable bonds is 5. The number of aliphatic hydroxyl groups excluding tert-OH is 1. The topological polar surface area (TPSA) is 140 Å². The number of benzene rings is 1. The Labute approximate surface area is 189 Å². The van der Waals surface area contributed by atoms with Crippen LogP contribution in [0.15, 0.2) is 70.5 Å². The van der Waals surface area contributed by atoms with Gasteiger partial charge in [0.25, 0.3) is 11.6 Å². The highest BCUT2D eigenvalue weighted by Crippen LogP contribution is 2.44. The van der Waals surface area contributed by atoms with Crippen molar-refractivity contribution in [2.45, 2.75) is 13.0 Å².